The highest BCUT2D eigenvalue weighted by atomic mass is 32.2. The number of hydrogen-bond donors (Lipinski definition) is 0. The average molecular weight is 465 g/mol. The molecule has 2 aromatic carbocycles. The summed E-state index contributed by atoms with van der Waals surface area (Å²) in [6.45, 7) is 5.64. The summed E-state index contributed by atoms with van der Waals surface area (Å²) in [5.41, 5.74) is 1.44. The number of ether oxygens (including phenoxy) is 1. The fourth-order valence-electron chi connectivity index (χ4n) is 4.49. The van der Waals surface area contributed by atoms with E-state index in [9.17, 15) is 22.8 Å². The first-order chi connectivity index (χ1) is 15.6. The summed E-state index contributed by atoms with van der Waals surface area (Å²) in [4.78, 5) is 37.5. The molecule has 0 unspecified atom stereocenters. The molecular formula is C26H24O6S. The average Bonchev–Trinajstić information content (AvgIpc) is 2.78. The molecule has 0 atom stereocenters. The van der Waals surface area contributed by atoms with Crippen LogP contribution in [0.4, 0.5) is 0 Å². The third-order valence-electron chi connectivity index (χ3n) is 6.44. The van der Waals surface area contributed by atoms with Crippen molar-refractivity contribution in [3.8, 4) is 0 Å². The second kappa shape index (κ2) is 8.25. The standard InChI is InChI=1S/C26H24O6S/c1-16-19(10-11-20-24(16)33(30,31)14-13-26(20,2)3)22-21(12-9-18(15-27)23(22)28)32-25(29)17-7-5-4-6-8-17/h4-8,10-11H,9,12-14H2,1-3H3. The van der Waals surface area contributed by atoms with Crippen LogP contribution in [0.2, 0.25) is 0 Å². The van der Waals surface area contributed by atoms with E-state index in [1.165, 1.54) is 0 Å². The van der Waals surface area contributed by atoms with Crippen molar-refractivity contribution < 1.29 is 27.5 Å². The fraction of sp³-hybridized carbons (Fsp3) is 0.308. The first-order valence-electron chi connectivity index (χ1n) is 10.7. The lowest BCUT2D eigenvalue weighted by Gasteiger charge is -2.34. The molecule has 0 spiro atoms. The Morgan fingerprint density at radius 1 is 1.06 bits per heavy atom. The highest BCUT2D eigenvalue weighted by molar-refractivity contribution is 7.91. The van der Waals surface area contributed by atoms with Crippen molar-refractivity contribution in [1.82, 2.24) is 0 Å². The van der Waals surface area contributed by atoms with Crippen LogP contribution in [0.3, 0.4) is 0 Å². The van der Waals surface area contributed by atoms with Gasteiger partial charge in [0.05, 0.1) is 27.4 Å². The van der Waals surface area contributed by atoms with E-state index in [-0.39, 0.29) is 45.8 Å². The summed E-state index contributed by atoms with van der Waals surface area (Å²) in [5.74, 6) is 0.615. The third kappa shape index (κ3) is 3.99. The van der Waals surface area contributed by atoms with Gasteiger partial charge in [-0.1, -0.05) is 44.2 Å². The van der Waals surface area contributed by atoms with Crippen LogP contribution in [-0.4, -0.2) is 31.9 Å². The Morgan fingerprint density at radius 3 is 2.42 bits per heavy atom. The van der Waals surface area contributed by atoms with Crippen LogP contribution in [0.15, 0.2) is 58.7 Å². The van der Waals surface area contributed by atoms with Crippen LogP contribution >= 0.6 is 0 Å². The second-order valence-electron chi connectivity index (χ2n) is 9.03. The van der Waals surface area contributed by atoms with Crippen molar-refractivity contribution in [3.63, 3.8) is 0 Å². The number of benzene rings is 2. The van der Waals surface area contributed by atoms with E-state index in [1.807, 2.05) is 13.8 Å². The molecule has 1 aliphatic heterocycles. The lowest BCUT2D eigenvalue weighted by atomic mass is 9.79. The van der Waals surface area contributed by atoms with E-state index in [0.717, 1.165) is 0 Å². The number of fused-ring (bicyclic) bond motifs is 1. The van der Waals surface area contributed by atoms with Gasteiger partial charge >= 0.3 is 5.97 Å². The molecule has 0 saturated carbocycles. The Morgan fingerprint density at radius 2 is 1.76 bits per heavy atom. The van der Waals surface area contributed by atoms with Gasteiger partial charge in [0.15, 0.2) is 9.84 Å². The maximum absolute atomic E-state index is 13.2. The fourth-order valence-corrected chi connectivity index (χ4v) is 6.73. The van der Waals surface area contributed by atoms with Crippen molar-refractivity contribution in [2.75, 3.05) is 5.75 Å². The van der Waals surface area contributed by atoms with Gasteiger partial charge < -0.3 is 4.74 Å². The summed E-state index contributed by atoms with van der Waals surface area (Å²) in [7, 11) is -3.55. The van der Waals surface area contributed by atoms with E-state index >= 15 is 0 Å². The Kier molecular flexibility index (Phi) is 5.72. The zero-order valence-electron chi connectivity index (χ0n) is 18.7. The van der Waals surface area contributed by atoms with Crippen LogP contribution in [0, 0.1) is 6.92 Å². The summed E-state index contributed by atoms with van der Waals surface area (Å²) in [6.07, 6.45) is 0.748. The molecule has 0 saturated heterocycles. The number of Topliss-reactive ketones (excluding diaryl/α,β-unsaturated/α-hetero) is 1. The molecule has 0 N–H and O–H groups in total. The molecule has 6 nitrogen and oxygen atoms in total. The molecular weight excluding hydrogens is 440 g/mol. The van der Waals surface area contributed by atoms with Crippen LogP contribution < -0.4 is 0 Å². The molecule has 0 fully saturated rings. The Bertz CT molecular complexity index is 1360. The van der Waals surface area contributed by atoms with Gasteiger partial charge in [0, 0.05) is 6.42 Å². The van der Waals surface area contributed by atoms with Gasteiger partial charge in [0.2, 0.25) is 5.78 Å². The Hall–Kier alpha value is -3.28. The molecule has 2 aliphatic rings. The molecule has 1 aliphatic carbocycles. The number of ketones is 1. The van der Waals surface area contributed by atoms with Gasteiger partial charge in [-0.3, -0.25) is 4.79 Å². The lowest BCUT2D eigenvalue weighted by Crippen LogP contribution is -2.31. The maximum atomic E-state index is 13.2. The first kappa shape index (κ1) is 22.9. The van der Waals surface area contributed by atoms with Crippen LogP contribution in [-0.2, 0) is 29.6 Å². The molecule has 4 rings (SSSR count). The molecule has 33 heavy (non-hydrogen) atoms. The highest BCUT2D eigenvalue weighted by Gasteiger charge is 2.39. The highest BCUT2D eigenvalue weighted by Crippen LogP contribution is 2.43. The molecule has 1 heterocycles. The predicted molar refractivity (Wildman–Crippen MR) is 123 cm³/mol. The van der Waals surface area contributed by atoms with E-state index in [4.69, 9.17) is 4.74 Å². The largest absolute Gasteiger partial charge is 0.427 e. The molecule has 170 valence electrons. The van der Waals surface area contributed by atoms with Crippen molar-refractivity contribution in [1.29, 1.82) is 0 Å². The number of carbonyl (C=O) groups is 2. The summed E-state index contributed by atoms with van der Waals surface area (Å²) in [5, 5.41) is 0. The van der Waals surface area contributed by atoms with Crippen molar-refractivity contribution in [3.05, 3.63) is 76.1 Å². The number of carbonyl (C=O) groups excluding carboxylic acids is 3. The number of rotatable bonds is 3. The first-order valence-corrected chi connectivity index (χ1v) is 12.4. The maximum Gasteiger partial charge on any atom is 0.343 e. The van der Waals surface area contributed by atoms with E-state index in [1.54, 1.807) is 55.3 Å². The van der Waals surface area contributed by atoms with Crippen molar-refractivity contribution in [2.24, 2.45) is 0 Å². The Balaban J connectivity index is 1.92. The topological polar surface area (TPSA) is 94.6 Å². The Labute approximate surface area is 192 Å². The normalized spacial score (nSPS) is 19.0. The van der Waals surface area contributed by atoms with Gasteiger partial charge in [0.25, 0.3) is 0 Å². The van der Waals surface area contributed by atoms with Gasteiger partial charge in [-0.2, -0.15) is 0 Å². The summed E-state index contributed by atoms with van der Waals surface area (Å²) >= 11 is 0. The molecule has 0 aromatic heterocycles. The second-order valence-corrected chi connectivity index (χ2v) is 11.1. The van der Waals surface area contributed by atoms with Crippen LogP contribution in [0.1, 0.15) is 60.2 Å². The number of sulfone groups is 1. The SMILES string of the molecule is Cc1c(C2=C(OC(=O)c3ccccc3)CCC(=C=O)C2=O)ccc2c1S(=O)(=O)CCC2(C)C. The van der Waals surface area contributed by atoms with E-state index < -0.39 is 21.6 Å². The smallest absolute Gasteiger partial charge is 0.343 e. The molecule has 0 radical (unpaired) electrons. The number of allylic oxidation sites excluding steroid dienone is 3. The van der Waals surface area contributed by atoms with E-state index in [2.05, 4.69) is 0 Å². The van der Waals surface area contributed by atoms with Crippen molar-refractivity contribution >= 4 is 33.1 Å². The minimum atomic E-state index is -3.55. The molecule has 7 heteroatoms. The van der Waals surface area contributed by atoms with Gasteiger partial charge in [-0.05, 0) is 54.0 Å². The molecule has 2 aromatic rings. The monoisotopic (exact) mass is 464 g/mol. The summed E-state index contributed by atoms with van der Waals surface area (Å²) in [6, 6.07) is 11.8. The van der Waals surface area contributed by atoms with E-state index in [0.29, 0.717) is 28.7 Å². The molecule has 0 bridgehead atoms. The zero-order valence-corrected chi connectivity index (χ0v) is 19.5. The predicted octanol–water partition coefficient (Wildman–Crippen LogP) is 4.14. The number of esters is 1. The molecule has 0 amide bonds. The van der Waals surface area contributed by atoms with Gasteiger partial charge in [-0.25, -0.2) is 18.0 Å². The quantitative estimate of drug-likeness (QED) is 0.385. The van der Waals surface area contributed by atoms with Crippen LogP contribution in [0.5, 0.6) is 0 Å². The summed E-state index contributed by atoms with van der Waals surface area (Å²) < 4.78 is 31.6. The minimum absolute atomic E-state index is 0.0135. The minimum Gasteiger partial charge on any atom is -0.427 e. The number of hydrogen-bond acceptors (Lipinski definition) is 6. The zero-order chi connectivity index (χ0) is 24.0. The lowest BCUT2D eigenvalue weighted by molar-refractivity contribution is -0.110. The van der Waals surface area contributed by atoms with Crippen molar-refractivity contribution in [2.45, 2.75) is 50.3 Å². The van der Waals surface area contributed by atoms with Crippen LogP contribution in [0.25, 0.3) is 5.57 Å². The van der Waals surface area contributed by atoms with Gasteiger partial charge in [-0.15, -0.1) is 0 Å². The third-order valence-corrected chi connectivity index (χ3v) is 8.33. The van der Waals surface area contributed by atoms with Gasteiger partial charge in [0.1, 0.15) is 11.7 Å².